The molecule has 0 aliphatic rings. The first-order chi connectivity index (χ1) is 6.88. The molecule has 0 fully saturated rings. The first-order valence-corrected chi connectivity index (χ1v) is 4.63. The first-order valence-electron chi connectivity index (χ1n) is 4.63. The van der Waals surface area contributed by atoms with E-state index in [0.717, 1.165) is 11.1 Å². The minimum Gasteiger partial charge on any atom is -0.845 e. The molecule has 0 saturated carbocycles. The second kappa shape index (κ2) is 6.58. The predicted octanol–water partition coefficient (Wildman–Crippen LogP) is -0.860. The van der Waals surface area contributed by atoms with Crippen LogP contribution in [0.25, 0.3) is 0 Å². The smallest absolute Gasteiger partial charge is 0.845 e. The summed E-state index contributed by atoms with van der Waals surface area (Å²) >= 11 is 0. The molecule has 0 aliphatic carbocycles. The fourth-order valence-electron chi connectivity index (χ4n) is 1.45. The van der Waals surface area contributed by atoms with Gasteiger partial charge >= 0.3 is 51.4 Å². The largest absolute Gasteiger partial charge is 1.00 e. The second-order valence-electron chi connectivity index (χ2n) is 3.20. The van der Waals surface area contributed by atoms with E-state index in [1.807, 2.05) is 60.7 Å². The molecule has 15 heavy (non-hydrogen) atoms. The zero-order chi connectivity index (χ0) is 9.80. The van der Waals surface area contributed by atoms with Crippen molar-refractivity contribution in [3.63, 3.8) is 0 Å². The van der Waals surface area contributed by atoms with Crippen molar-refractivity contribution in [3.8, 4) is 0 Å². The summed E-state index contributed by atoms with van der Waals surface area (Å²) in [6, 6.07) is 18.9. The molecule has 0 amide bonds. The zero-order valence-corrected chi connectivity index (χ0v) is 11.9. The Bertz CT molecular complexity index is 346. The summed E-state index contributed by atoms with van der Waals surface area (Å²) in [6.45, 7) is 0. The van der Waals surface area contributed by atoms with E-state index in [1.165, 1.54) is 0 Å². The Morgan fingerprint density at radius 1 is 0.667 bits per heavy atom. The van der Waals surface area contributed by atoms with Crippen molar-refractivity contribution in [3.05, 3.63) is 71.8 Å². The summed E-state index contributed by atoms with van der Waals surface area (Å²) in [6.07, 6.45) is -0.766. The molecule has 0 saturated heterocycles. The quantitative estimate of drug-likeness (QED) is 0.607. The van der Waals surface area contributed by atoms with Gasteiger partial charge in [-0.05, 0) is 0 Å². The third-order valence-electron chi connectivity index (χ3n) is 2.20. The monoisotopic (exact) mass is 222 g/mol. The molecule has 0 aliphatic heterocycles. The van der Waals surface area contributed by atoms with E-state index in [2.05, 4.69) is 0 Å². The van der Waals surface area contributed by atoms with E-state index in [1.54, 1.807) is 0 Å². The summed E-state index contributed by atoms with van der Waals surface area (Å²) in [7, 11) is 0. The van der Waals surface area contributed by atoms with E-state index in [0.29, 0.717) is 0 Å². The van der Waals surface area contributed by atoms with Gasteiger partial charge in [-0.2, -0.15) is 0 Å². The molecular formula is C13H11KO. The summed E-state index contributed by atoms with van der Waals surface area (Å²) < 4.78 is 0. The molecule has 2 heteroatoms. The third-order valence-corrected chi connectivity index (χ3v) is 2.20. The van der Waals surface area contributed by atoms with Crippen molar-refractivity contribution in [2.45, 2.75) is 6.10 Å². The zero-order valence-electron chi connectivity index (χ0n) is 8.76. The van der Waals surface area contributed by atoms with Gasteiger partial charge in [0, 0.05) is 0 Å². The topological polar surface area (TPSA) is 23.1 Å². The van der Waals surface area contributed by atoms with Gasteiger partial charge in [-0.25, -0.2) is 0 Å². The molecule has 1 nitrogen and oxygen atoms in total. The molecule has 70 valence electrons. The average molecular weight is 222 g/mol. The predicted molar refractivity (Wildman–Crippen MR) is 54.7 cm³/mol. The number of rotatable bonds is 2. The fourth-order valence-corrected chi connectivity index (χ4v) is 1.45. The maximum absolute atomic E-state index is 11.9. The van der Waals surface area contributed by atoms with Crippen LogP contribution in [0.2, 0.25) is 0 Å². The van der Waals surface area contributed by atoms with Crippen molar-refractivity contribution in [2.75, 3.05) is 0 Å². The molecular weight excluding hydrogens is 211 g/mol. The molecule has 0 atom stereocenters. The van der Waals surface area contributed by atoms with Crippen LogP contribution in [0.15, 0.2) is 60.7 Å². The van der Waals surface area contributed by atoms with Gasteiger partial charge in [0.2, 0.25) is 0 Å². The fraction of sp³-hybridized carbons (Fsp3) is 0.0769. The van der Waals surface area contributed by atoms with Gasteiger partial charge in [-0.15, -0.1) is 0 Å². The van der Waals surface area contributed by atoms with E-state index in [9.17, 15) is 5.11 Å². The number of hydrogen-bond acceptors (Lipinski definition) is 1. The van der Waals surface area contributed by atoms with Crippen molar-refractivity contribution in [1.29, 1.82) is 0 Å². The molecule has 2 aromatic rings. The SMILES string of the molecule is [K+].[O-]C(c1ccccc1)c1ccccc1. The van der Waals surface area contributed by atoms with Gasteiger partial charge in [-0.1, -0.05) is 77.9 Å². The minimum atomic E-state index is -0.766. The van der Waals surface area contributed by atoms with E-state index in [-0.39, 0.29) is 51.4 Å². The summed E-state index contributed by atoms with van der Waals surface area (Å²) in [5.41, 5.74) is 1.64. The molecule has 2 rings (SSSR count). The molecule has 0 unspecified atom stereocenters. The third kappa shape index (κ3) is 3.52. The van der Waals surface area contributed by atoms with Crippen molar-refractivity contribution in [2.24, 2.45) is 0 Å². The van der Waals surface area contributed by atoms with Crippen LogP contribution in [0, 0.1) is 0 Å². The number of benzene rings is 2. The summed E-state index contributed by atoms with van der Waals surface area (Å²) in [5, 5.41) is 11.9. The van der Waals surface area contributed by atoms with Crippen LogP contribution in [-0.4, -0.2) is 0 Å². The van der Waals surface area contributed by atoms with Gasteiger partial charge in [0.1, 0.15) is 0 Å². The van der Waals surface area contributed by atoms with Crippen LogP contribution < -0.4 is 56.5 Å². The molecule has 0 radical (unpaired) electrons. The molecule has 2 aromatic carbocycles. The molecule has 0 spiro atoms. The van der Waals surface area contributed by atoms with Crippen molar-refractivity contribution in [1.82, 2.24) is 0 Å². The van der Waals surface area contributed by atoms with Crippen LogP contribution in [0.5, 0.6) is 0 Å². The van der Waals surface area contributed by atoms with Crippen molar-refractivity contribution >= 4 is 0 Å². The Labute approximate surface area is 133 Å². The normalized spacial score (nSPS) is 9.73. The summed E-state index contributed by atoms with van der Waals surface area (Å²) in [5.74, 6) is 0. The Morgan fingerprint density at radius 2 is 1.00 bits per heavy atom. The second-order valence-corrected chi connectivity index (χ2v) is 3.20. The Morgan fingerprint density at radius 3 is 1.33 bits per heavy atom. The van der Waals surface area contributed by atoms with Crippen LogP contribution in [0.4, 0.5) is 0 Å². The molecule has 0 N–H and O–H groups in total. The van der Waals surface area contributed by atoms with Gasteiger partial charge < -0.3 is 5.11 Å². The first kappa shape index (κ1) is 13.1. The number of hydrogen-bond donors (Lipinski definition) is 0. The van der Waals surface area contributed by atoms with Crippen LogP contribution in [0.1, 0.15) is 17.2 Å². The van der Waals surface area contributed by atoms with Crippen molar-refractivity contribution < 1.29 is 56.5 Å². The van der Waals surface area contributed by atoms with Crippen LogP contribution >= 0.6 is 0 Å². The van der Waals surface area contributed by atoms with Gasteiger partial charge in [0.05, 0.1) is 0 Å². The Balaban J connectivity index is 0.00000112. The van der Waals surface area contributed by atoms with E-state index < -0.39 is 6.10 Å². The van der Waals surface area contributed by atoms with Crippen LogP contribution in [-0.2, 0) is 0 Å². The minimum absolute atomic E-state index is 0. The summed E-state index contributed by atoms with van der Waals surface area (Å²) in [4.78, 5) is 0. The Hall–Kier alpha value is 0.0364. The Kier molecular flexibility index (Phi) is 5.75. The van der Waals surface area contributed by atoms with Gasteiger partial charge in [-0.3, -0.25) is 0 Å². The van der Waals surface area contributed by atoms with E-state index >= 15 is 0 Å². The maximum atomic E-state index is 11.9. The molecule has 0 aromatic heterocycles. The molecule has 0 heterocycles. The van der Waals surface area contributed by atoms with Crippen LogP contribution in [0.3, 0.4) is 0 Å². The molecule has 0 bridgehead atoms. The van der Waals surface area contributed by atoms with Gasteiger partial charge in [0.25, 0.3) is 0 Å². The standard InChI is InChI=1S/C13H11O.K/c14-13(11-7-3-1-4-8-11)12-9-5-2-6-10-12;/h1-10,13H;/q-1;+1. The van der Waals surface area contributed by atoms with Gasteiger partial charge in [0.15, 0.2) is 0 Å². The average Bonchev–Trinajstić information content (AvgIpc) is 2.30. The van der Waals surface area contributed by atoms with E-state index in [4.69, 9.17) is 0 Å². The maximum Gasteiger partial charge on any atom is 1.00 e.